The second-order valence-corrected chi connectivity index (χ2v) is 8.27. The van der Waals surface area contributed by atoms with Gasteiger partial charge in [0.25, 0.3) is 5.91 Å². The molecule has 30 heavy (non-hydrogen) atoms. The zero-order chi connectivity index (χ0) is 21.8. The SMILES string of the molecule is COc1ccc(NC(=O)/C(C#N)=C\c2c(Br)c(C)n(-c3ccc(Br)cc3)c2C)cc1. The first kappa shape index (κ1) is 21.9. The standard InChI is InChI=1S/C23H19Br2N3O2/c1-14-21(22(25)15(2)28(14)19-8-4-17(24)5-9-19)12-16(13-26)23(29)27-18-6-10-20(30-3)11-7-18/h4-12H,1-3H3,(H,27,29)/b16-12-. The quantitative estimate of drug-likeness (QED) is 0.318. The number of ether oxygens (including phenoxy) is 1. The van der Waals surface area contributed by atoms with E-state index >= 15 is 0 Å². The highest BCUT2D eigenvalue weighted by molar-refractivity contribution is 9.10. The van der Waals surface area contributed by atoms with Gasteiger partial charge in [0.15, 0.2) is 0 Å². The molecule has 0 aliphatic rings. The Morgan fingerprint density at radius 1 is 1.07 bits per heavy atom. The molecule has 152 valence electrons. The summed E-state index contributed by atoms with van der Waals surface area (Å²) in [5.74, 6) is 0.219. The molecule has 0 atom stereocenters. The van der Waals surface area contributed by atoms with Gasteiger partial charge in [-0.1, -0.05) is 15.9 Å². The summed E-state index contributed by atoms with van der Waals surface area (Å²) < 4.78 is 9.04. The van der Waals surface area contributed by atoms with Gasteiger partial charge in [-0.3, -0.25) is 4.79 Å². The summed E-state index contributed by atoms with van der Waals surface area (Å²) in [6.07, 6.45) is 1.61. The van der Waals surface area contributed by atoms with Gasteiger partial charge < -0.3 is 14.6 Å². The summed E-state index contributed by atoms with van der Waals surface area (Å²) in [4.78, 5) is 12.7. The van der Waals surface area contributed by atoms with Crippen molar-refractivity contribution in [3.63, 3.8) is 0 Å². The van der Waals surface area contributed by atoms with E-state index in [-0.39, 0.29) is 5.57 Å². The van der Waals surface area contributed by atoms with E-state index in [9.17, 15) is 10.1 Å². The Labute approximate surface area is 192 Å². The van der Waals surface area contributed by atoms with Gasteiger partial charge in [-0.2, -0.15) is 5.26 Å². The molecule has 7 heteroatoms. The Bertz CT molecular complexity index is 1160. The van der Waals surface area contributed by atoms with Crippen LogP contribution in [0.4, 0.5) is 5.69 Å². The minimum atomic E-state index is -0.469. The van der Waals surface area contributed by atoms with Gasteiger partial charge in [0.2, 0.25) is 0 Å². The Balaban J connectivity index is 1.95. The lowest BCUT2D eigenvalue weighted by Gasteiger charge is -2.09. The normalized spacial score (nSPS) is 11.1. The number of aromatic nitrogens is 1. The van der Waals surface area contributed by atoms with Gasteiger partial charge in [0.05, 0.1) is 7.11 Å². The second kappa shape index (κ2) is 9.33. The molecule has 0 bridgehead atoms. The van der Waals surface area contributed by atoms with Gasteiger partial charge in [-0.05, 0) is 84.4 Å². The fraction of sp³-hybridized carbons (Fsp3) is 0.130. The van der Waals surface area contributed by atoms with Crippen LogP contribution >= 0.6 is 31.9 Å². The number of nitriles is 1. The number of anilines is 1. The molecule has 3 rings (SSSR count). The molecule has 0 unspecified atom stereocenters. The van der Waals surface area contributed by atoms with Gasteiger partial charge in [-0.15, -0.1) is 0 Å². The van der Waals surface area contributed by atoms with Gasteiger partial charge in [0.1, 0.15) is 17.4 Å². The first-order valence-electron chi connectivity index (χ1n) is 9.06. The van der Waals surface area contributed by atoms with Crippen molar-refractivity contribution in [3.8, 4) is 17.5 Å². The second-order valence-electron chi connectivity index (χ2n) is 6.56. The number of nitrogens with one attached hydrogen (secondary N) is 1. The third-order valence-electron chi connectivity index (χ3n) is 4.70. The van der Waals surface area contributed by atoms with Gasteiger partial charge >= 0.3 is 0 Å². The van der Waals surface area contributed by atoms with Crippen LogP contribution in [0.3, 0.4) is 0 Å². The Morgan fingerprint density at radius 3 is 2.27 bits per heavy atom. The Morgan fingerprint density at radius 2 is 1.70 bits per heavy atom. The fourth-order valence-electron chi connectivity index (χ4n) is 3.13. The molecule has 1 aromatic heterocycles. The predicted molar refractivity (Wildman–Crippen MR) is 126 cm³/mol. The number of carbonyl (C=O) groups is 1. The largest absolute Gasteiger partial charge is 0.497 e. The van der Waals surface area contributed by atoms with E-state index in [0.717, 1.165) is 31.6 Å². The molecule has 1 amide bonds. The summed E-state index contributed by atoms with van der Waals surface area (Å²) in [7, 11) is 1.58. The van der Waals surface area contributed by atoms with Crippen LogP contribution in [-0.2, 0) is 4.79 Å². The van der Waals surface area contributed by atoms with Crippen LogP contribution in [0, 0.1) is 25.2 Å². The summed E-state index contributed by atoms with van der Waals surface area (Å²) in [5.41, 5.74) is 4.29. The number of hydrogen-bond donors (Lipinski definition) is 1. The highest BCUT2D eigenvalue weighted by Gasteiger charge is 2.18. The van der Waals surface area contributed by atoms with Crippen LogP contribution in [0.15, 0.2) is 63.0 Å². The molecule has 1 heterocycles. The fourth-order valence-corrected chi connectivity index (χ4v) is 3.98. The number of amides is 1. The maximum atomic E-state index is 12.7. The molecule has 0 radical (unpaired) electrons. The number of halogens is 2. The molecule has 5 nitrogen and oxygen atoms in total. The summed E-state index contributed by atoms with van der Waals surface area (Å²) in [5, 5.41) is 12.3. The first-order valence-corrected chi connectivity index (χ1v) is 10.6. The lowest BCUT2D eigenvalue weighted by atomic mass is 10.1. The summed E-state index contributed by atoms with van der Waals surface area (Å²) in [6.45, 7) is 3.95. The van der Waals surface area contributed by atoms with Crippen LogP contribution < -0.4 is 10.1 Å². The molecule has 0 aliphatic carbocycles. The van der Waals surface area contributed by atoms with Crippen molar-refractivity contribution in [1.29, 1.82) is 5.26 Å². The first-order chi connectivity index (χ1) is 14.3. The average molecular weight is 529 g/mol. The maximum Gasteiger partial charge on any atom is 0.266 e. The van der Waals surface area contributed by atoms with Gasteiger partial charge in [0, 0.05) is 37.3 Å². The molecule has 0 aliphatic heterocycles. The molecule has 1 N–H and O–H groups in total. The number of carbonyl (C=O) groups excluding carboxylic acids is 1. The molecule has 0 spiro atoms. The van der Waals surface area contributed by atoms with Crippen LogP contribution in [0.25, 0.3) is 11.8 Å². The number of methoxy groups -OCH3 is 1. The molecule has 2 aromatic carbocycles. The van der Waals surface area contributed by atoms with Crippen molar-refractivity contribution in [2.75, 3.05) is 12.4 Å². The number of hydrogen-bond acceptors (Lipinski definition) is 3. The highest BCUT2D eigenvalue weighted by Crippen LogP contribution is 2.32. The van der Waals surface area contributed by atoms with Crippen LogP contribution in [-0.4, -0.2) is 17.6 Å². The Hall–Kier alpha value is -2.82. The minimum Gasteiger partial charge on any atom is -0.497 e. The minimum absolute atomic E-state index is 0.0163. The molecular formula is C23H19Br2N3O2. The monoisotopic (exact) mass is 527 g/mol. The Kier molecular flexibility index (Phi) is 6.80. The van der Waals surface area contributed by atoms with Crippen LogP contribution in [0.2, 0.25) is 0 Å². The molecule has 0 saturated carbocycles. The van der Waals surface area contributed by atoms with Crippen LogP contribution in [0.1, 0.15) is 17.0 Å². The average Bonchev–Trinajstić information content (AvgIpc) is 2.96. The summed E-state index contributed by atoms with van der Waals surface area (Å²) >= 11 is 7.08. The third-order valence-corrected chi connectivity index (χ3v) is 6.23. The maximum absolute atomic E-state index is 12.7. The lowest BCUT2D eigenvalue weighted by molar-refractivity contribution is -0.112. The molecule has 3 aromatic rings. The van der Waals surface area contributed by atoms with Crippen molar-refractivity contribution < 1.29 is 9.53 Å². The van der Waals surface area contributed by atoms with Crippen molar-refractivity contribution >= 4 is 49.5 Å². The number of nitrogens with zero attached hydrogens (tertiary/aromatic N) is 2. The predicted octanol–water partition coefficient (Wildman–Crippen LogP) is 6.17. The van der Waals surface area contributed by atoms with E-state index in [1.807, 2.05) is 44.2 Å². The van der Waals surface area contributed by atoms with Gasteiger partial charge in [-0.25, -0.2) is 0 Å². The summed E-state index contributed by atoms with van der Waals surface area (Å²) in [6, 6.07) is 16.9. The zero-order valence-corrected chi connectivity index (χ0v) is 19.8. The van der Waals surface area contributed by atoms with Crippen LogP contribution in [0.5, 0.6) is 5.75 Å². The topological polar surface area (TPSA) is 67.0 Å². The van der Waals surface area contributed by atoms with E-state index in [4.69, 9.17) is 4.74 Å². The smallest absolute Gasteiger partial charge is 0.266 e. The van der Waals surface area contributed by atoms with E-state index in [1.165, 1.54) is 0 Å². The number of benzene rings is 2. The highest BCUT2D eigenvalue weighted by atomic mass is 79.9. The van der Waals surface area contributed by atoms with Crippen molar-refractivity contribution in [2.24, 2.45) is 0 Å². The lowest BCUT2D eigenvalue weighted by Crippen LogP contribution is -2.13. The zero-order valence-electron chi connectivity index (χ0n) is 16.7. The molecular weight excluding hydrogens is 510 g/mol. The third kappa shape index (κ3) is 4.50. The van der Waals surface area contributed by atoms with E-state index in [0.29, 0.717) is 11.4 Å². The van der Waals surface area contributed by atoms with Crippen molar-refractivity contribution in [3.05, 3.63) is 80.0 Å². The van der Waals surface area contributed by atoms with E-state index < -0.39 is 5.91 Å². The van der Waals surface area contributed by atoms with Crippen molar-refractivity contribution in [2.45, 2.75) is 13.8 Å². The van der Waals surface area contributed by atoms with E-state index in [2.05, 4.69) is 41.7 Å². The number of rotatable bonds is 5. The molecule has 0 saturated heterocycles. The molecule has 0 fully saturated rings. The van der Waals surface area contributed by atoms with Crippen molar-refractivity contribution in [1.82, 2.24) is 4.57 Å². The van der Waals surface area contributed by atoms with E-state index in [1.54, 1.807) is 37.5 Å².